The molecule has 0 atom stereocenters. The number of carbonyl (C=O) groups excluding carboxylic acids is 2. The van der Waals surface area contributed by atoms with Crippen molar-refractivity contribution in [1.82, 2.24) is 5.32 Å². The molecule has 7 nitrogen and oxygen atoms in total. The average molecular weight is 458 g/mol. The average Bonchev–Trinajstić information content (AvgIpc) is 3.27. The van der Waals surface area contributed by atoms with E-state index in [-0.39, 0.29) is 16.8 Å². The highest BCUT2D eigenvalue weighted by atomic mass is 35.5. The number of hydrogen-bond acceptors (Lipinski definition) is 5. The van der Waals surface area contributed by atoms with Gasteiger partial charge in [-0.2, -0.15) is 0 Å². The molecule has 0 spiro atoms. The molecule has 0 saturated heterocycles. The number of nitrogens with one attached hydrogen (secondary N) is 3. The van der Waals surface area contributed by atoms with Crippen molar-refractivity contribution in [2.24, 2.45) is 0 Å². The van der Waals surface area contributed by atoms with Gasteiger partial charge >= 0.3 is 0 Å². The van der Waals surface area contributed by atoms with Crippen LogP contribution in [0.4, 0.5) is 11.4 Å². The van der Waals surface area contributed by atoms with E-state index in [0.29, 0.717) is 34.3 Å². The van der Waals surface area contributed by atoms with Gasteiger partial charge in [-0.15, -0.1) is 0 Å². The predicted octanol–water partition coefficient (Wildman–Crippen LogP) is 5.02. The molecule has 160 valence electrons. The maximum Gasteiger partial charge on any atom is 0.291 e. The van der Waals surface area contributed by atoms with Gasteiger partial charge < -0.3 is 19.8 Å². The van der Waals surface area contributed by atoms with Crippen LogP contribution in [0.15, 0.2) is 59.2 Å². The first-order chi connectivity index (χ1) is 14.9. The number of halogens is 1. The van der Waals surface area contributed by atoms with Gasteiger partial charge in [-0.1, -0.05) is 17.7 Å². The number of thiocarbonyl (C=S) groups is 1. The number of hydrogen-bond donors (Lipinski definition) is 3. The maximum absolute atomic E-state index is 12.5. The number of aryl methyl sites for hydroxylation is 1. The minimum Gasteiger partial charge on any atom is -0.492 e. The highest BCUT2D eigenvalue weighted by Crippen LogP contribution is 2.25. The van der Waals surface area contributed by atoms with Crippen LogP contribution in [0.5, 0.6) is 5.75 Å². The van der Waals surface area contributed by atoms with Crippen LogP contribution in [-0.2, 0) is 0 Å². The van der Waals surface area contributed by atoms with Crippen LogP contribution in [0.1, 0.15) is 33.4 Å². The van der Waals surface area contributed by atoms with Crippen LogP contribution in [0, 0.1) is 6.92 Å². The predicted molar refractivity (Wildman–Crippen MR) is 124 cm³/mol. The van der Waals surface area contributed by atoms with Crippen molar-refractivity contribution in [2.45, 2.75) is 13.8 Å². The largest absolute Gasteiger partial charge is 0.492 e. The van der Waals surface area contributed by atoms with Crippen LogP contribution in [-0.4, -0.2) is 23.5 Å². The van der Waals surface area contributed by atoms with E-state index in [1.54, 1.807) is 36.4 Å². The monoisotopic (exact) mass is 457 g/mol. The summed E-state index contributed by atoms with van der Waals surface area (Å²) in [5.74, 6) is -0.0808. The summed E-state index contributed by atoms with van der Waals surface area (Å²) in [6.07, 6.45) is 1.43. The lowest BCUT2D eigenvalue weighted by Crippen LogP contribution is -2.34. The zero-order chi connectivity index (χ0) is 22.4. The first-order valence-corrected chi connectivity index (χ1v) is 10.2. The summed E-state index contributed by atoms with van der Waals surface area (Å²) in [5.41, 5.74) is 2.39. The molecule has 0 unspecified atom stereocenters. The van der Waals surface area contributed by atoms with Gasteiger partial charge in [-0.05, 0) is 74.1 Å². The Morgan fingerprint density at radius 1 is 1.10 bits per heavy atom. The molecule has 0 aliphatic rings. The zero-order valence-corrected chi connectivity index (χ0v) is 18.4. The molecule has 9 heteroatoms. The number of anilines is 2. The summed E-state index contributed by atoms with van der Waals surface area (Å²) >= 11 is 11.4. The van der Waals surface area contributed by atoms with E-state index in [9.17, 15) is 9.59 Å². The second kappa shape index (κ2) is 10.1. The molecule has 0 bridgehead atoms. The van der Waals surface area contributed by atoms with Gasteiger partial charge in [0.2, 0.25) is 0 Å². The highest BCUT2D eigenvalue weighted by Gasteiger charge is 2.13. The summed E-state index contributed by atoms with van der Waals surface area (Å²) < 4.78 is 10.5. The molecule has 0 aliphatic carbocycles. The molecule has 3 aromatic rings. The standard InChI is InChI=1S/C22H20ClN3O4S/c1-3-29-18-9-7-14(11-16(18)23)20(27)26-22(31)25-17-12-15(8-6-13(17)2)24-21(28)19-5-4-10-30-19/h4-12H,3H2,1-2H3,(H,24,28)(H2,25,26,27,31). The molecule has 2 amide bonds. The van der Waals surface area contributed by atoms with E-state index < -0.39 is 5.91 Å². The minimum absolute atomic E-state index is 0.104. The van der Waals surface area contributed by atoms with E-state index in [1.807, 2.05) is 19.9 Å². The van der Waals surface area contributed by atoms with Gasteiger partial charge in [-0.25, -0.2) is 0 Å². The highest BCUT2D eigenvalue weighted by molar-refractivity contribution is 7.80. The third-order valence-corrected chi connectivity index (χ3v) is 4.71. The second-order valence-corrected chi connectivity index (χ2v) is 7.26. The third kappa shape index (κ3) is 5.84. The molecule has 0 aliphatic heterocycles. The van der Waals surface area contributed by atoms with Gasteiger partial charge in [0.05, 0.1) is 17.9 Å². The molecule has 1 heterocycles. The Kier molecular flexibility index (Phi) is 7.28. The molecule has 0 radical (unpaired) electrons. The maximum atomic E-state index is 12.5. The first-order valence-electron chi connectivity index (χ1n) is 9.37. The Labute approximate surface area is 189 Å². The van der Waals surface area contributed by atoms with Crippen LogP contribution >= 0.6 is 23.8 Å². The number of furan rings is 1. The van der Waals surface area contributed by atoms with Gasteiger partial charge in [0.1, 0.15) is 5.75 Å². The fourth-order valence-corrected chi connectivity index (χ4v) is 3.12. The van der Waals surface area contributed by atoms with Crippen LogP contribution in [0.2, 0.25) is 5.02 Å². The van der Waals surface area contributed by atoms with Gasteiger partial charge in [-0.3, -0.25) is 14.9 Å². The lowest BCUT2D eigenvalue weighted by Gasteiger charge is -2.14. The van der Waals surface area contributed by atoms with Crippen molar-refractivity contribution >= 4 is 52.1 Å². The summed E-state index contributed by atoms with van der Waals surface area (Å²) in [5, 5.41) is 8.77. The van der Waals surface area contributed by atoms with E-state index in [0.717, 1.165) is 5.56 Å². The Morgan fingerprint density at radius 3 is 2.58 bits per heavy atom. The molecule has 0 saturated carbocycles. The van der Waals surface area contributed by atoms with Crippen LogP contribution in [0.3, 0.4) is 0 Å². The summed E-state index contributed by atoms with van der Waals surface area (Å²) in [6.45, 7) is 4.19. The molecule has 2 aromatic carbocycles. The molecular weight excluding hydrogens is 438 g/mol. The van der Waals surface area contributed by atoms with Gasteiger partial charge in [0.15, 0.2) is 10.9 Å². The quantitative estimate of drug-likeness (QED) is 0.450. The Bertz CT molecular complexity index is 1120. The Morgan fingerprint density at radius 2 is 1.90 bits per heavy atom. The molecule has 1 aromatic heterocycles. The lowest BCUT2D eigenvalue weighted by molar-refractivity contribution is 0.0975. The first kappa shape index (κ1) is 22.3. The van der Waals surface area contributed by atoms with Gasteiger partial charge in [0.25, 0.3) is 11.8 Å². The van der Waals surface area contributed by atoms with E-state index in [2.05, 4.69) is 16.0 Å². The van der Waals surface area contributed by atoms with Crippen molar-refractivity contribution in [2.75, 3.05) is 17.2 Å². The van der Waals surface area contributed by atoms with Crippen molar-refractivity contribution in [1.29, 1.82) is 0 Å². The topological polar surface area (TPSA) is 92.6 Å². The molecule has 3 rings (SSSR count). The van der Waals surface area contributed by atoms with E-state index in [1.165, 1.54) is 12.3 Å². The Balaban J connectivity index is 1.65. The van der Waals surface area contributed by atoms with Crippen molar-refractivity contribution < 1.29 is 18.7 Å². The summed E-state index contributed by atoms with van der Waals surface area (Å²) in [7, 11) is 0. The number of carbonyl (C=O) groups is 2. The molecule has 3 N–H and O–H groups in total. The Hall–Kier alpha value is -3.36. The smallest absolute Gasteiger partial charge is 0.291 e. The number of rotatable bonds is 6. The molecule has 0 fully saturated rings. The van der Waals surface area contributed by atoms with E-state index >= 15 is 0 Å². The fourth-order valence-electron chi connectivity index (χ4n) is 2.68. The van der Waals surface area contributed by atoms with Crippen molar-refractivity contribution in [3.8, 4) is 5.75 Å². The fraction of sp³-hybridized carbons (Fsp3) is 0.136. The molecule has 31 heavy (non-hydrogen) atoms. The SMILES string of the molecule is CCOc1ccc(C(=O)NC(=S)Nc2cc(NC(=O)c3ccco3)ccc2C)cc1Cl. The number of benzene rings is 2. The minimum atomic E-state index is -0.414. The second-order valence-electron chi connectivity index (χ2n) is 6.45. The summed E-state index contributed by atoms with van der Waals surface area (Å²) in [4.78, 5) is 24.7. The van der Waals surface area contributed by atoms with Crippen LogP contribution in [0.25, 0.3) is 0 Å². The molecular formula is C22H20ClN3O4S. The van der Waals surface area contributed by atoms with Gasteiger partial charge in [0, 0.05) is 16.9 Å². The van der Waals surface area contributed by atoms with Crippen molar-refractivity contribution in [3.05, 3.63) is 76.7 Å². The lowest BCUT2D eigenvalue weighted by atomic mass is 10.1. The van der Waals surface area contributed by atoms with E-state index in [4.69, 9.17) is 33.0 Å². The van der Waals surface area contributed by atoms with Crippen LogP contribution < -0.4 is 20.7 Å². The zero-order valence-electron chi connectivity index (χ0n) is 16.8. The third-order valence-electron chi connectivity index (χ3n) is 4.21. The number of ether oxygens (including phenoxy) is 1. The summed E-state index contributed by atoms with van der Waals surface area (Å²) in [6, 6.07) is 13.2. The van der Waals surface area contributed by atoms with Crippen molar-refractivity contribution in [3.63, 3.8) is 0 Å². The number of amides is 2. The normalized spacial score (nSPS) is 10.3.